The lowest BCUT2D eigenvalue weighted by atomic mass is 9.92. The molecule has 3 heteroatoms. The molecule has 0 spiro atoms. The summed E-state index contributed by atoms with van der Waals surface area (Å²) in [7, 11) is 1.85. The normalized spacial score (nSPS) is 34.0. The average molecular weight is 229 g/mol. The lowest BCUT2D eigenvalue weighted by molar-refractivity contribution is 0.0419. The number of rotatable bonds is 5. The number of thioether (sulfide) groups is 1. The zero-order valence-electron chi connectivity index (χ0n) is 9.92. The summed E-state index contributed by atoms with van der Waals surface area (Å²) < 4.78 is 6.13. The molecule has 0 heterocycles. The van der Waals surface area contributed by atoms with Gasteiger partial charge in [-0.1, -0.05) is 12.8 Å². The Kier molecular flexibility index (Phi) is 3.97. The molecule has 2 fully saturated rings. The van der Waals surface area contributed by atoms with Gasteiger partial charge in [-0.15, -0.1) is 0 Å². The van der Waals surface area contributed by atoms with Crippen LogP contribution in [-0.4, -0.2) is 36.8 Å². The summed E-state index contributed by atoms with van der Waals surface area (Å²) in [4.78, 5) is 0. The molecule has 2 atom stereocenters. The first-order valence-electron chi connectivity index (χ1n) is 6.11. The van der Waals surface area contributed by atoms with E-state index in [-0.39, 0.29) is 0 Å². The molecular formula is C12H23NOS. The van der Waals surface area contributed by atoms with Gasteiger partial charge in [-0.2, -0.15) is 11.8 Å². The molecule has 0 bridgehead atoms. The maximum Gasteiger partial charge on any atom is 0.0724 e. The van der Waals surface area contributed by atoms with Crippen molar-refractivity contribution in [3.05, 3.63) is 0 Å². The van der Waals surface area contributed by atoms with Crippen molar-refractivity contribution in [2.24, 2.45) is 0 Å². The van der Waals surface area contributed by atoms with Gasteiger partial charge in [0, 0.05) is 24.4 Å². The van der Waals surface area contributed by atoms with Crippen molar-refractivity contribution < 1.29 is 4.74 Å². The minimum Gasteiger partial charge on any atom is -0.380 e. The van der Waals surface area contributed by atoms with Gasteiger partial charge in [0.1, 0.15) is 0 Å². The van der Waals surface area contributed by atoms with E-state index in [1.807, 2.05) is 18.9 Å². The van der Waals surface area contributed by atoms with Gasteiger partial charge >= 0.3 is 0 Å². The molecule has 88 valence electrons. The highest BCUT2D eigenvalue weighted by Crippen LogP contribution is 2.46. The van der Waals surface area contributed by atoms with Gasteiger partial charge in [0.25, 0.3) is 0 Å². The fourth-order valence-electron chi connectivity index (χ4n) is 2.52. The third-order valence-corrected chi connectivity index (χ3v) is 5.35. The fraction of sp³-hybridized carbons (Fsp3) is 1.00. The lowest BCUT2D eigenvalue weighted by Gasteiger charge is -2.32. The highest BCUT2D eigenvalue weighted by atomic mass is 32.2. The van der Waals surface area contributed by atoms with Crippen molar-refractivity contribution in [3.63, 3.8) is 0 Å². The Bertz CT molecular complexity index is 206. The van der Waals surface area contributed by atoms with Crippen LogP contribution in [0.25, 0.3) is 0 Å². The Balaban J connectivity index is 1.77. The van der Waals surface area contributed by atoms with Gasteiger partial charge in [0.15, 0.2) is 0 Å². The molecule has 0 radical (unpaired) electrons. The molecule has 2 nitrogen and oxygen atoms in total. The smallest absolute Gasteiger partial charge is 0.0724 e. The molecule has 2 aliphatic rings. The summed E-state index contributed by atoms with van der Waals surface area (Å²) in [6.07, 6.45) is 10.7. The second-order valence-electron chi connectivity index (χ2n) is 4.93. The van der Waals surface area contributed by atoms with Crippen LogP contribution in [0.3, 0.4) is 0 Å². The van der Waals surface area contributed by atoms with E-state index in [1.165, 1.54) is 45.1 Å². The van der Waals surface area contributed by atoms with Gasteiger partial charge in [-0.25, -0.2) is 0 Å². The summed E-state index contributed by atoms with van der Waals surface area (Å²) >= 11 is 2.03. The number of methoxy groups -OCH3 is 1. The molecule has 2 aliphatic carbocycles. The summed E-state index contributed by atoms with van der Waals surface area (Å²) in [5, 5.41) is 3.73. The first-order valence-corrected chi connectivity index (χ1v) is 7.33. The topological polar surface area (TPSA) is 21.3 Å². The Hall–Kier alpha value is 0.270. The Morgan fingerprint density at radius 2 is 2.07 bits per heavy atom. The average Bonchev–Trinajstić information content (AvgIpc) is 3.07. The first kappa shape index (κ1) is 11.7. The van der Waals surface area contributed by atoms with Crippen LogP contribution >= 0.6 is 11.8 Å². The molecule has 15 heavy (non-hydrogen) atoms. The van der Waals surface area contributed by atoms with Crippen molar-refractivity contribution >= 4 is 11.8 Å². The van der Waals surface area contributed by atoms with Crippen LogP contribution in [0.1, 0.15) is 38.5 Å². The van der Waals surface area contributed by atoms with E-state index in [0.29, 0.717) is 16.9 Å². The van der Waals surface area contributed by atoms with Crippen molar-refractivity contribution in [3.8, 4) is 0 Å². The lowest BCUT2D eigenvalue weighted by Crippen LogP contribution is -2.45. The predicted molar refractivity (Wildman–Crippen MR) is 66.5 cm³/mol. The molecule has 0 aliphatic heterocycles. The maximum atomic E-state index is 5.55. The van der Waals surface area contributed by atoms with Crippen molar-refractivity contribution in [2.75, 3.05) is 19.9 Å². The summed E-state index contributed by atoms with van der Waals surface area (Å²) in [6, 6.07) is 0.605. The molecule has 0 saturated heterocycles. The number of hydrogen-bond donors (Lipinski definition) is 1. The van der Waals surface area contributed by atoms with E-state index < -0.39 is 0 Å². The van der Waals surface area contributed by atoms with Crippen molar-refractivity contribution in [1.29, 1.82) is 0 Å². The predicted octanol–water partition coefficient (Wildman–Crippen LogP) is 2.43. The van der Waals surface area contributed by atoms with Gasteiger partial charge in [-0.3, -0.25) is 0 Å². The zero-order valence-corrected chi connectivity index (χ0v) is 10.7. The van der Waals surface area contributed by atoms with Crippen LogP contribution in [-0.2, 0) is 4.74 Å². The SMILES string of the molecule is COC1CCCCC1NCC1(SC)CC1. The third kappa shape index (κ3) is 2.89. The first-order chi connectivity index (χ1) is 7.29. The molecule has 2 rings (SSSR count). The largest absolute Gasteiger partial charge is 0.380 e. The fourth-order valence-corrected chi connectivity index (χ4v) is 3.26. The molecular weight excluding hydrogens is 206 g/mol. The Labute approximate surface area is 97.5 Å². The molecule has 2 saturated carbocycles. The molecule has 0 aromatic rings. The minimum absolute atomic E-state index is 0.455. The van der Waals surface area contributed by atoms with E-state index in [2.05, 4.69) is 11.6 Å². The summed E-state index contributed by atoms with van der Waals surface area (Å²) in [6.45, 7) is 1.18. The van der Waals surface area contributed by atoms with E-state index >= 15 is 0 Å². The summed E-state index contributed by atoms with van der Waals surface area (Å²) in [5.74, 6) is 0. The summed E-state index contributed by atoms with van der Waals surface area (Å²) in [5.41, 5.74) is 0. The highest BCUT2D eigenvalue weighted by molar-refractivity contribution is 8.00. The number of ether oxygens (including phenoxy) is 1. The number of nitrogens with one attached hydrogen (secondary N) is 1. The molecule has 0 aromatic heterocycles. The quantitative estimate of drug-likeness (QED) is 0.782. The molecule has 2 unspecified atom stereocenters. The van der Waals surface area contributed by atoms with Crippen LogP contribution in [0.5, 0.6) is 0 Å². The van der Waals surface area contributed by atoms with Crippen LogP contribution < -0.4 is 5.32 Å². The Morgan fingerprint density at radius 3 is 2.67 bits per heavy atom. The van der Waals surface area contributed by atoms with Crippen LogP contribution in [0.4, 0.5) is 0 Å². The molecule has 1 N–H and O–H groups in total. The van der Waals surface area contributed by atoms with Crippen molar-refractivity contribution in [1.82, 2.24) is 5.32 Å². The Morgan fingerprint density at radius 1 is 1.33 bits per heavy atom. The van der Waals surface area contributed by atoms with Crippen molar-refractivity contribution in [2.45, 2.75) is 55.4 Å². The second kappa shape index (κ2) is 5.07. The number of hydrogen-bond acceptors (Lipinski definition) is 3. The van der Waals surface area contributed by atoms with E-state index in [1.54, 1.807) is 0 Å². The minimum atomic E-state index is 0.455. The van der Waals surface area contributed by atoms with Crippen LogP contribution in [0.2, 0.25) is 0 Å². The highest BCUT2D eigenvalue weighted by Gasteiger charge is 2.42. The van der Waals surface area contributed by atoms with Crippen LogP contribution in [0.15, 0.2) is 0 Å². The third-order valence-electron chi connectivity index (χ3n) is 3.93. The van der Waals surface area contributed by atoms with Gasteiger partial charge in [-0.05, 0) is 31.9 Å². The van der Waals surface area contributed by atoms with Gasteiger partial charge in [0.2, 0.25) is 0 Å². The molecule has 0 aromatic carbocycles. The maximum absolute atomic E-state index is 5.55. The second-order valence-corrected chi connectivity index (χ2v) is 6.21. The standard InChI is InChI=1S/C12H23NOS/c1-14-11-6-4-3-5-10(11)13-9-12(15-2)7-8-12/h10-11,13H,3-9H2,1-2H3. The monoisotopic (exact) mass is 229 g/mol. The molecule has 0 amide bonds. The van der Waals surface area contributed by atoms with E-state index in [9.17, 15) is 0 Å². The van der Waals surface area contributed by atoms with Gasteiger partial charge < -0.3 is 10.1 Å². The van der Waals surface area contributed by atoms with Gasteiger partial charge in [0.05, 0.1) is 6.10 Å². The van der Waals surface area contributed by atoms with E-state index in [4.69, 9.17) is 4.74 Å². The van der Waals surface area contributed by atoms with E-state index in [0.717, 1.165) is 0 Å². The zero-order chi connectivity index (χ0) is 10.7. The van der Waals surface area contributed by atoms with Crippen LogP contribution in [0, 0.1) is 0 Å².